The van der Waals surface area contributed by atoms with Crippen molar-refractivity contribution in [2.24, 2.45) is 5.92 Å². The maximum absolute atomic E-state index is 10.7. The number of imidazole rings is 1. The summed E-state index contributed by atoms with van der Waals surface area (Å²) in [6, 6.07) is 0. The van der Waals surface area contributed by atoms with Crippen LogP contribution in [0, 0.1) is 29.6 Å². The molecule has 0 aromatic carbocycles. The molecular weight excluding hydrogens is 370 g/mol. The highest BCUT2D eigenvalue weighted by Gasteiger charge is 2.30. The molecule has 3 atom stereocenters. The Labute approximate surface area is 169 Å². The number of rotatable bonds is 1. The van der Waals surface area contributed by atoms with E-state index in [2.05, 4.69) is 57.0 Å². The Bertz CT molecular complexity index is 1030. The quantitative estimate of drug-likeness (QED) is 0.724. The van der Waals surface area contributed by atoms with Gasteiger partial charge in [0, 0.05) is 0 Å². The molecule has 3 heterocycles. The van der Waals surface area contributed by atoms with Crippen molar-refractivity contribution in [3.63, 3.8) is 0 Å². The molecule has 0 saturated heterocycles. The minimum absolute atomic E-state index is 0.292. The van der Waals surface area contributed by atoms with Gasteiger partial charge in [-0.2, -0.15) is 0 Å². The average molecular weight is 394 g/mol. The Morgan fingerprint density at radius 1 is 1.43 bits per heavy atom. The van der Waals surface area contributed by atoms with E-state index in [1.54, 1.807) is 18.1 Å². The predicted octanol–water partition coefficient (Wildman–Crippen LogP) is 2.72. The lowest BCUT2D eigenvalue weighted by atomic mass is 9.79. The molecular formula is C21H23N5OS. The fourth-order valence-corrected chi connectivity index (χ4v) is 4.46. The van der Waals surface area contributed by atoms with Crippen LogP contribution in [-0.4, -0.2) is 35.5 Å². The van der Waals surface area contributed by atoms with E-state index in [1.165, 1.54) is 0 Å². The number of nitrogens with zero attached hydrogens (tertiary/aromatic N) is 4. The van der Waals surface area contributed by atoms with Gasteiger partial charge in [-0.1, -0.05) is 37.2 Å². The highest BCUT2D eigenvalue weighted by Crippen LogP contribution is 2.31. The van der Waals surface area contributed by atoms with Crippen LogP contribution in [0.4, 0.5) is 5.82 Å². The maximum Gasteiger partial charge on any atom is 0.209 e. The number of aliphatic hydroxyl groups is 1. The third kappa shape index (κ3) is 4.16. The van der Waals surface area contributed by atoms with E-state index in [-0.39, 0.29) is 0 Å². The van der Waals surface area contributed by atoms with Crippen LogP contribution in [0.2, 0.25) is 0 Å². The molecule has 1 fully saturated rings. The van der Waals surface area contributed by atoms with Gasteiger partial charge in [0.15, 0.2) is 11.5 Å². The number of hydrogen-bond donors (Lipinski definition) is 2. The van der Waals surface area contributed by atoms with Crippen molar-refractivity contribution >= 4 is 28.7 Å². The summed E-state index contributed by atoms with van der Waals surface area (Å²) in [5, 5.41) is 13.1. The largest absolute Gasteiger partial charge is 0.382 e. The van der Waals surface area contributed by atoms with Gasteiger partial charge in [-0.25, -0.2) is 15.0 Å². The monoisotopic (exact) mass is 393 g/mol. The molecule has 0 amide bonds. The third-order valence-electron chi connectivity index (χ3n) is 5.07. The van der Waals surface area contributed by atoms with Crippen LogP contribution in [0.5, 0.6) is 0 Å². The molecule has 28 heavy (non-hydrogen) atoms. The zero-order valence-electron chi connectivity index (χ0n) is 15.9. The molecule has 6 nitrogen and oxygen atoms in total. The molecule has 0 radical (unpaired) electrons. The van der Waals surface area contributed by atoms with Crippen molar-refractivity contribution in [1.29, 1.82) is 0 Å². The molecule has 1 saturated carbocycles. The Hall–Kier alpha value is -2.48. The molecule has 4 rings (SSSR count). The summed E-state index contributed by atoms with van der Waals surface area (Å²) in [7, 11) is 0. The normalized spacial score (nSPS) is 26.5. The number of nitrogen functional groups attached to an aromatic ring is 1. The molecule has 2 aromatic heterocycles. The predicted molar refractivity (Wildman–Crippen MR) is 112 cm³/mol. The van der Waals surface area contributed by atoms with Crippen molar-refractivity contribution < 1.29 is 5.11 Å². The number of nitrogens with two attached hydrogens (primary N) is 1. The van der Waals surface area contributed by atoms with E-state index in [0.717, 1.165) is 19.3 Å². The molecule has 1 aliphatic carbocycles. The second kappa shape index (κ2) is 7.87. The zero-order chi connectivity index (χ0) is 19.6. The summed E-state index contributed by atoms with van der Waals surface area (Å²) in [5.41, 5.74) is 6.26. The van der Waals surface area contributed by atoms with E-state index in [1.807, 2.05) is 4.57 Å². The lowest BCUT2D eigenvalue weighted by molar-refractivity contribution is 0.0410. The molecule has 144 valence electrons. The molecule has 0 bridgehead atoms. The fourth-order valence-electron chi connectivity index (χ4n) is 3.67. The van der Waals surface area contributed by atoms with E-state index in [4.69, 9.17) is 5.73 Å². The third-order valence-corrected chi connectivity index (χ3v) is 6.06. The molecule has 2 aromatic rings. The highest BCUT2D eigenvalue weighted by molar-refractivity contribution is 8.03. The lowest BCUT2D eigenvalue weighted by Crippen LogP contribution is -2.32. The van der Waals surface area contributed by atoms with E-state index in [9.17, 15) is 5.11 Å². The Kier molecular flexibility index (Phi) is 5.30. The van der Waals surface area contributed by atoms with Crippen molar-refractivity contribution in [3.8, 4) is 23.7 Å². The maximum atomic E-state index is 10.7. The van der Waals surface area contributed by atoms with E-state index < -0.39 is 5.60 Å². The summed E-state index contributed by atoms with van der Waals surface area (Å²) in [6.45, 7) is 2.63. The number of aromatic nitrogens is 4. The van der Waals surface area contributed by atoms with Crippen LogP contribution < -0.4 is 5.73 Å². The molecule has 0 spiro atoms. The second-order valence-corrected chi connectivity index (χ2v) is 8.63. The first-order chi connectivity index (χ1) is 13.5. The first-order valence-corrected chi connectivity index (χ1v) is 10.5. The Balaban J connectivity index is 1.58. The molecule has 1 aliphatic heterocycles. The minimum Gasteiger partial charge on any atom is -0.382 e. The van der Waals surface area contributed by atoms with Gasteiger partial charge in [0.2, 0.25) is 5.82 Å². The van der Waals surface area contributed by atoms with Crippen molar-refractivity contribution in [3.05, 3.63) is 23.6 Å². The number of anilines is 1. The highest BCUT2D eigenvalue weighted by atomic mass is 32.2. The number of thioether (sulfide) groups is 1. The van der Waals surface area contributed by atoms with Crippen LogP contribution in [-0.2, 0) is 6.54 Å². The van der Waals surface area contributed by atoms with Gasteiger partial charge in [-0.05, 0) is 42.9 Å². The number of allylic oxidation sites excluding steroid dienone is 1. The first-order valence-electron chi connectivity index (χ1n) is 9.55. The van der Waals surface area contributed by atoms with Crippen LogP contribution in [0.25, 0.3) is 11.2 Å². The molecule has 7 heteroatoms. The Morgan fingerprint density at radius 2 is 2.32 bits per heavy atom. The minimum atomic E-state index is -0.969. The van der Waals surface area contributed by atoms with Crippen LogP contribution in [0.3, 0.4) is 0 Å². The van der Waals surface area contributed by atoms with Gasteiger partial charge in [0.25, 0.3) is 0 Å². The van der Waals surface area contributed by atoms with Crippen molar-refractivity contribution in [2.45, 2.75) is 56.4 Å². The zero-order valence-corrected chi connectivity index (χ0v) is 16.7. The average Bonchev–Trinajstić information content (AvgIpc) is 3.31. The number of fused-ring (bicyclic) bond motifs is 1. The molecule has 2 aliphatic rings. The van der Waals surface area contributed by atoms with Gasteiger partial charge in [-0.15, -0.1) is 11.8 Å². The molecule has 1 unspecified atom stereocenters. The lowest BCUT2D eigenvalue weighted by Gasteiger charge is -2.30. The van der Waals surface area contributed by atoms with Gasteiger partial charge < -0.3 is 15.4 Å². The topological polar surface area (TPSA) is 89.9 Å². The Morgan fingerprint density at radius 3 is 3.11 bits per heavy atom. The summed E-state index contributed by atoms with van der Waals surface area (Å²) < 4.78 is 1.86. The van der Waals surface area contributed by atoms with E-state index >= 15 is 0 Å². The van der Waals surface area contributed by atoms with Gasteiger partial charge in [0.1, 0.15) is 11.1 Å². The SMILES string of the molecule is C[C@@H]1CCC[C@@](O)(C#Cc2nc(N)c3ncn(CC#CC4CC=CS4)c3n2)C1. The van der Waals surface area contributed by atoms with Crippen LogP contribution in [0.1, 0.15) is 44.9 Å². The smallest absolute Gasteiger partial charge is 0.209 e. The summed E-state index contributed by atoms with van der Waals surface area (Å²) >= 11 is 1.74. The summed E-state index contributed by atoms with van der Waals surface area (Å²) in [6.07, 6.45) is 8.28. The number of hydrogen-bond acceptors (Lipinski definition) is 6. The van der Waals surface area contributed by atoms with Crippen molar-refractivity contribution in [1.82, 2.24) is 19.5 Å². The van der Waals surface area contributed by atoms with Crippen LogP contribution in [0.15, 0.2) is 17.8 Å². The van der Waals surface area contributed by atoms with E-state index in [0.29, 0.717) is 53.4 Å². The fraction of sp³-hybridized carbons (Fsp3) is 0.476. The first kappa shape index (κ1) is 18.9. The molecule has 3 N–H and O–H groups in total. The second-order valence-electron chi connectivity index (χ2n) is 7.51. The summed E-state index contributed by atoms with van der Waals surface area (Å²) in [4.78, 5) is 13.1. The van der Waals surface area contributed by atoms with Gasteiger partial charge >= 0.3 is 0 Å². The van der Waals surface area contributed by atoms with Gasteiger partial charge in [0.05, 0.1) is 18.1 Å². The van der Waals surface area contributed by atoms with Crippen LogP contribution >= 0.6 is 11.8 Å². The van der Waals surface area contributed by atoms with Gasteiger partial charge in [-0.3, -0.25) is 0 Å². The van der Waals surface area contributed by atoms with Crippen molar-refractivity contribution in [2.75, 3.05) is 5.73 Å². The standard InChI is InChI=1S/C21H23N5OS/c1-15-5-2-9-21(27,13-15)10-8-17-24-19(22)18-20(25-17)26(14-23-18)11-3-6-16-7-4-12-28-16/h4,12,14-16,27H,2,5,7,9,11,13H2,1H3,(H2,22,24,25)/t15-,16?,21-/m1/s1. The summed E-state index contributed by atoms with van der Waals surface area (Å²) in [5.74, 6) is 13.4.